The van der Waals surface area contributed by atoms with E-state index in [4.69, 9.17) is 15.2 Å². The molecule has 0 radical (unpaired) electrons. The summed E-state index contributed by atoms with van der Waals surface area (Å²) in [4.78, 5) is 0. The van der Waals surface area contributed by atoms with Gasteiger partial charge in [0.2, 0.25) is 0 Å². The van der Waals surface area contributed by atoms with Crippen molar-refractivity contribution in [3.63, 3.8) is 0 Å². The van der Waals surface area contributed by atoms with Crippen molar-refractivity contribution in [1.29, 1.82) is 0 Å². The van der Waals surface area contributed by atoms with Gasteiger partial charge in [-0.25, -0.2) is 0 Å². The molecule has 0 heterocycles. The Balaban J connectivity index is 2.81. The number of hydrogen-bond acceptors (Lipinski definition) is 3. The van der Waals surface area contributed by atoms with Crippen LogP contribution in [0.5, 0.6) is 11.5 Å². The molecule has 0 spiro atoms. The Labute approximate surface area is 117 Å². The molecule has 0 aliphatic rings. The van der Waals surface area contributed by atoms with Crippen LogP contribution in [0.25, 0.3) is 0 Å². The SMILES string of the molecule is CCC(C)CC(C)(N)Cc1ccc(OC)c(OC)c1. The van der Waals surface area contributed by atoms with Gasteiger partial charge in [0.15, 0.2) is 11.5 Å². The summed E-state index contributed by atoms with van der Waals surface area (Å²) in [5, 5.41) is 0. The van der Waals surface area contributed by atoms with Crippen LogP contribution in [0, 0.1) is 5.92 Å². The fourth-order valence-electron chi connectivity index (χ4n) is 2.47. The van der Waals surface area contributed by atoms with Gasteiger partial charge in [0.1, 0.15) is 0 Å². The van der Waals surface area contributed by atoms with Crippen molar-refractivity contribution < 1.29 is 9.47 Å². The molecule has 2 N–H and O–H groups in total. The molecule has 2 atom stereocenters. The molecule has 0 aliphatic carbocycles. The lowest BCUT2D eigenvalue weighted by atomic mass is 9.84. The van der Waals surface area contributed by atoms with Crippen LogP contribution in [-0.4, -0.2) is 19.8 Å². The number of rotatable bonds is 7. The van der Waals surface area contributed by atoms with Crippen LogP contribution in [0.1, 0.15) is 39.2 Å². The topological polar surface area (TPSA) is 44.5 Å². The second kappa shape index (κ2) is 6.80. The molecule has 3 heteroatoms. The minimum atomic E-state index is -0.185. The average molecular weight is 265 g/mol. The van der Waals surface area contributed by atoms with Crippen LogP contribution in [-0.2, 0) is 6.42 Å². The predicted molar refractivity (Wildman–Crippen MR) is 79.9 cm³/mol. The molecule has 2 unspecified atom stereocenters. The highest BCUT2D eigenvalue weighted by molar-refractivity contribution is 5.43. The lowest BCUT2D eigenvalue weighted by Gasteiger charge is -2.28. The summed E-state index contributed by atoms with van der Waals surface area (Å²) in [5.74, 6) is 2.17. The summed E-state index contributed by atoms with van der Waals surface area (Å²) in [6.07, 6.45) is 3.04. The number of ether oxygens (including phenoxy) is 2. The molecular weight excluding hydrogens is 238 g/mol. The molecular formula is C16H27NO2. The molecule has 108 valence electrons. The number of hydrogen-bond donors (Lipinski definition) is 1. The Morgan fingerprint density at radius 1 is 1.21 bits per heavy atom. The lowest BCUT2D eigenvalue weighted by Crippen LogP contribution is -2.40. The van der Waals surface area contributed by atoms with Crippen LogP contribution < -0.4 is 15.2 Å². The zero-order valence-electron chi connectivity index (χ0n) is 12.8. The van der Waals surface area contributed by atoms with Gasteiger partial charge in [0.25, 0.3) is 0 Å². The van der Waals surface area contributed by atoms with Gasteiger partial charge in [-0.15, -0.1) is 0 Å². The maximum Gasteiger partial charge on any atom is 0.160 e. The Morgan fingerprint density at radius 2 is 1.84 bits per heavy atom. The molecule has 1 rings (SSSR count). The van der Waals surface area contributed by atoms with Gasteiger partial charge in [0, 0.05) is 5.54 Å². The summed E-state index contributed by atoms with van der Waals surface area (Å²) in [5.41, 5.74) is 7.42. The number of benzene rings is 1. The third-order valence-corrected chi connectivity index (χ3v) is 3.57. The van der Waals surface area contributed by atoms with Crippen LogP contribution in [0.2, 0.25) is 0 Å². The predicted octanol–water partition coefficient (Wildman–Crippen LogP) is 3.40. The van der Waals surface area contributed by atoms with Gasteiger partial charge in [-0.3, -0.25) is 0 Å². The van der Waals surface area contributed by atoms with Gasteiger partial charge < -0.3 is 15.2 Å². The van der Waals surface area contributed by atoms with Gasteiger partial charge >= 0.3 is 0 Å². The first-order valence-electron chi connectivity index (χ1n) is 6.91. The van der Waals surface area contributed by atoms with Crippen LogP contribution in [0.3, 0.4) is 0 Å². The van der Waals surface area contributed by atoms with Crippen molar-refractivity contribution in [2.75, 3.05) is 14.2 Å². The third kappa shape index (κ3) is 4.75. The highest BCUT2D eigenvalue weighted by Gasteiger charge is 2.22. The Bertz CT molecular complexity index is 402. The van der Waals surface area contributed by atoms with Gasteiger partial charge in [-0.05, 0) is 43.4 Å². The van der Waals surface area contributed by atoms with Crippen molar-refractivity contribution in [3.8, 4) is 11.5 Å². The standard InChI is InChI=1S/C16H27NO2/c1-6-12(2)10-16(3,17)11-13-7-8-14(18-4)15(9-13)19-5/h7-9,12H,6,10-11,17H2,1-5H3. The van der Waals surface area contributed by atoms with Gasteiger partial charge in [-0.2, -0.15) is 0 Å². The molecule has 1 aromatic carbocycles. The van der Waals surface area contributed by atoms with Crippen molar-refractivity contribution in [1.82, 2.24) is 0 Å². The summed E-state index contributed by atoms with van der Waals surface area (Å²) in [6, 6.07) is 6.01. The van der Waals surface area contributed by atoms with Gasteiger partial charge in [-0.1, -0.05) is 26.3 Å². The first-order valence-corrected chi connectivity index (χ1v) is 6.91. The second-order valence-electron chi connectivity index (χ2n) is 5.74. The van der Waals surface area contributed by atoms with E-state index in [0.717, 1.165) is 24.3 Å². The summed E-state index contributed by atoms with van der Waals surface area (Å²) < 4.78 is 10.6. The zero-order valence-corrected chi connectivity index (χ0v) is 12.8. The lowest BCUT2D eigenvalue weighted by molar-refractivity contribution is 0.341. The number of methoxy groups -OCH3 is 2. The van der Waals surface area contributed by atoms with E-state index in [-0.39, 0.29) is 5.54 Å². The van der Waals surface area contributed by atoms with Crippen LogP contribution in [0.15, 0.2) is 18.2 Å². The maximum absolute atomic E-state index is 6.42. The second-order valence-corrected chi connectivity index (χ2v) is 5.74. The van der Waals surface area contributed by atoms with E-state index >= 15 is 0 Å². The van der Waals surface area contributed by atoms with Crippen LogP contribution >= 0.6 is 0 Å². The Hall–Kier alpha value is -1.22. The fraction of sp³-hybridized carbons (Fsp3) is 0.625. The maximum atomic E-state index is 6.42. The average Bonchev–Trinajstić information content (AvgIpc) is 2.37. The summed E-state index contributed by atoms with van der Waals surface area (Å²) >= 11 is 0. The molecule has 0 amide bonds. The molecule has 0 aromatic heterocycles. The molecule has 3 nitrogen and oxygen atoms in total. The van der Waals surface area contributed by atoms with E-state index in [1.54, 1.807) is 14.2 Å². The van der Waals surface area contributed by atoms with Crippen molar-refractivity contribution in [2.24, 2.45) is 11.7 Å². The minimum absolute atomic E-state index is 0.185. The van der Waals surface area contributed by atoms with E-state index in [0.29, 0.717) is 5.92 Å². The normalized spacial score (nSPS) is 15.7. The molecule has 0 bridgehead atoms. The first kappa shape index (κ1) is 15.8. The minimum Gasteiger partial charge on any atom is -0.493 e. The molecule has 19 heavy (non-hydrogen) atoms. The zero-order chi connectivity index (χ0) is 14.5. The molecule has 1 aromatic rings. The highest BCUT2D eigenvalue weighted by Crippen LogP contribution is 2.30. The molecule has 0 saturated heterocycles. The third-order valence-electron chi connectivity index (χ3n) is 3.57. The van der Waals surface area contributed by atoms with Crippen molar-refractivity contribution in [3.05, 3.63) is 23.8 Å². The van der Waals surface area contributed by atoms with E-state index in [9.17, 15) is 0 Å². The summed E-state index contributed by atoms with van der Waals surface area (Å²) in [7, 11) is 3.30. The molecule has 0 fully saturated rings. The van der Waals surface area contributed by atoms with Crippen molar-refractivity contribution >= 4 is 0 Å². The fourth-order valence-corrected chi connectivity index (χ4v) is 2.47. The van der Waals surface area contributed by atoms with E-state index in [1.807, 2.05) is 12.1 Å². The van der Waals surface area contributed by atoms with Gasteiger partial charge in [0.05, 0.1) is 14.2 Å². The molecule has 0 aliphatic heterocycles. The quantitative estimate of drug-likeness (QED) is 0.821. The largest absolute Gasteiger partial charge is 0.493 e. The Kier molecular flexibility index (Phi) is 5.67. The van der Waals surface area contributed by atoms with Crippen LogP contribution in [0.4, 0.5) is 0 Å². The first-order chi connectivity index (χ1) is 8.91. The van der Waals surface area contributed by atoms with E-state index < -0.39 is 0 Å². The van der Waals surface area contributed by atoms with E-state index in [2.05, 4.69) is 26.8 Å². The highest BCUT2D eigenvalue weighted by atomic mass is 16.5. The van der Waals surface area contributed by atoms with E-state index in [1.165, 1.54) is 12.0 Å². The monoisotopic (exact) mass is 265 g/mol. The Morgan fingerprint density at radius 3 is 2.37 bits per heavy atom. The summed E-state index contributed by atoms with van der Waals surface area (Å²) in [6.45, 7) is 6.58. The van der Waals surface area contributed by atoms with Crippen molar-refractivity contribution in [2.45, 2.75) is 45.6 Å². The molecule has 0 saturated carbocycles. The smallest absolute Gasteiger partial charge is 0.160 e. The number of nitrogens with two attached hydrogens (primary N) is 1.